The van der Waals surface area contributed by atoms with E-state index in [9.17, 15) is 4.79 Å². The van der Waals surface area contributed by atoms with Crippen molar-refractivity contribution in [1.82, 2.24) is 14.7 Å². The Labute approximate surface area is 201 Å². The molecule has 0 spiro atoms. The van der Waals surface area contributed by atoms with Crippen molar-refractivity contribution in [2.75, 3.05) is 11.9 Å². The zero-order valence-electron chi connectivity index (χ0n) is 20.5. The van der Waals surface area contributed by atoms with E-state index in [0.29, 0.717) is 6.04 Å². The summed E-state index contributed by atoms with van der Waals surface area (Å²) in [6.07, 6.45) is 3.68. The van der Waals surface area contributed by atoms with Crippen molar-refractivity contribution >= 4 is 11.7 Å². The van der Waals surface area contributed by atoms with Crippen LogP contribution in [-0.2, 0) is 25.8 Å². The van der Waals surface area contributed by atoms with Gasteiger partial charge in [0.15, 0.2) is 0 Å². The lowest BCUT2D eigenvalue weighted by Gasteiger charge is -2.31. The largest absolute Gasteiger partial charge is 0.351 e. The van der Waals surface area contributed by atoms with Crippen LogP contribution >= 0.6 is 0 Å². The third kappa shape index (κ3) is 4.44. The van der Waals surface area contributed by atoms with Gasteiger partial charge in [-0.05, 0) is 49.4 Å². The topological polar surface area (TPSA) is 76.2 Å². The Balaban J connectivity index is 1.94. The van der Waals surface area contributed by atoms with E-state index in [-0.39, 0.29) is 5.69 Å². The summed E-state index contributed by atoms with van der Waals surface area (Å²) in [4.78, 5) is 13.7. The molecule has 0 bridgehead atoms. The normalized spacial score (nSPS) is 14.6. The van der Waals surface area contributed by atoms with Crippen LogP contribution in [0.1, 0.15) is 56.5 Å². The van der Waals surface area contributed by atoms with E-state index < -0.39 is 11.8 Å². The Morgan fingerprint density at radius 1 is 1.18 bits per heavy atom. The minimum atomic E-state index is -0.789. The Bertz CT molecular complexity index is 1180. The smallest absolute Gasteiger partial charge is 0.316 e. The van der Waals surface area contributed by atoms with Gasteiger partial charge in [0.1, 0.15) is 5.82 Å². The summed E-state index contributed by atoms with van der Waals surface area (Å²) >= 11 is 0. The highest BCUT2D eigenvalue weighted by Crippen LogP contribution is 2.36. The molecule has 0 saturated heterocycles. The molecule has 3 N–H and O–H groups in total. The van der Waals surface area contributed by atoms with Gasteiger partial charge in [-0.15, -0.1) is 0 Å². The summed E-state index contributed by atoms with van der Waals surface area (Å²) in [5.41, 5.74) is 12.7. The average molecular weight is 464 g/mol. The maximum atomic E-state index is 15.0. The second-order valence-corrected chi connectivity index (χ2v) is 8.98. The highest BCUT2D eigenvalue weighted by Gasteiger charge is 2.29. The monoisotopic (exact) mass is 463 g/mol. The van der Waals surface area contributed by atoms with Gasteiger partial charge in [-0.2, -0.15) is 5.10 Å². The van der Waals surface area contributed by atoms with Crippen LogP contribution in [0.3, 0.4) is 0 Å². The van der Waals surface area contributed by atoms with E-state index in [0.717, 1.165) is 67.0 Å². The first kappa shape index (κ1) is 24.0. The number of anilines is 1. The van der Waals surface area contributed by atoms with E-state index in [1.807, 2.05) is 10.7 Å². The van der Waals surface area contributed by atoms with Crippen molar-refractivity contribution in [2.24, 2.45) is 5.73 Å². The molecule has 6 nitrogen and oxygen atoms in total. The fourth-order valence-electron chi connectivity index (χ4n) is 4.87. The standard InChI is InChI=1S/C27H34FN5O/c1-5-17(4)32-14-13-23-21(16-32)26(20-11-12-24(22(28)15-20)30-27(29)34)33(31-23)25-18(6-2)9-8-10-19(25)7-3/h8-12,15,17H,5-7,13-14,16H2,1-4H3,(H3,29,30,34). The van der Waals surface area contributed by atoms with E-state index in [2.05, 4.69) is 56.1 Å². The van der Waals surface area contributed by atoms with E-state index >= 15 is 4.39 Å². The van der Waals surface area contributed by atoms with Gasteiger partial charge in [-0.1, -0.05) is 45.0 Å². The Hall–Kier alpha value is -3.19. The van der Waals surface area contributed by atoms with Crippen LogP contribution < -0.4 is 11.1 Å². The zero-order valence-corrected chi connectivity index (χ0v) is 20.5. The third-order valence-corrected chi connectivity index (χ3v) is 6.96. The van der Waals surface area contributed by atoms with Gasteiger partial charge in [-0.25, -0.2) is 13.9 Å². The molecule has 1 unspecified atom stereocenters. The van der Waals surface area contributed by atoms with Crippen LogP contribution in [0.25, 0.3) is 16.9 Å². The molecule has 34 heavy (non-hydrogen) atoms. The third-order valence-electron chi connectivity index (χ3n) is 6.96. The number of fused-ring (bicyclic) bond motifs is 1. The molecule has 4 rings (SSSR count). The molecule has 180 valence electrons. The van der Waals surface area contributed by atoms with Gasteiger partial charge in [-0.3, -0.25) is 4.90 Å². The van der Waals surface area contributed by atoms with Crippen LogP contribution in [-0.4, -0.2) is 33.3 Å². The molecule has 7 heteroatoms. The number of para-hydroxylation sites is 1. The molecule has 0 radical (unpaired) electrons. The SMILES string of the molecule is CCc1cccc(CC)c1-n1nc2c(c1-c1ccc(NC(N)=O)c(F)c1)CN(C(C)CC)CC2. The molecule has 0 aliphatic carbocycles. The number of aromatic nitrogens is 2. The van der Waals surface area contributed by atoms with Crippen LogP contribution in [0, 0.1) is 5.82 Å². The molecular weight excluding hydrogens is 429 g/mol. The molecule has 2 amide bonds. The quantitative estimate of drug-likeness (QED) is 0.489. The number of nitrogens with two attached hydrogens (primary N) is 1. The average Bonchev–Trinajstić information content (AvgIpc) is 3.22. The first-order valence-electron chi connectivity index (χ1n) is 12.2. The Kier molecular flexibility index (Phi) is 7.03. The number of nitrogens with one attached hydrogen (secondary N) is 1. The second kappa shape index (κ2) is 9.97. The molecule has 0 fully saturated rings. The lowest BCUT2D eigenvalue weighted by molar-refractivity contribution is 0.186. The van der Waals surface area contributed by atoms with Crippen LogP contribution in [0.5, 0.6) is 0 Å². The molecule has 0 saturated carbocycles. The summed E-state index contributed by atoms with van der Waals surface area (Å²) in [5, 5.41) is 7.47. The first-order chi connectivity index (χ1) is 16.4. The fraction of sp³-hybridized carbons (Fsp3) is 0.407. The van der Waals surface area contributed by atoms with Gasteiger partial charge in [0, 0.05) is 36.7 Å². The van der Waals surface area contributed by atoms with E-state index in [1.165, 1.54) is 17.2 Å². The van der Waals surface area contributed by atoms with Crippen molar-refractivity contribution < 1.29 is 9.18 Å². The van der Waals surface area contributed by atoms with Crippen molar-refractivity contribution in [3.05, 3.63) is 64.6 Å². The number of urea groups is 1. The maximum absolute atomic E-state index is 15.0. The lowest BCUT2D eigenvalue weighted by Crippen LogP contribution is -2.37. The fourth-order valence-corrected chi connectivity index (χ4v) is 4.87. The molecule has 1 aromatic heterocycles. The van der Waals surface area contributed by atoms with Crippen LogP contribution in [0.2, 0.25) is 0 Å². The number of hydrogen-bond acceptors (Lipinski definition) is 3. The number of aryl methyl sites for hydroxylation is 2. The highest BCUT2D eigenvalue weighted by molar-refractivity contribution is 5.88. The summed E-state index contributed by atoms with van der Waals surface area (Å²) in [6.45, 7) is 10.5. The van der Waals surface area contributed by atoms with Crippen molar-refractivity contribution in [3.8, 4) is 16.9 Å². The maximum Gasteiger partial charge on any atom is 0.316 e. The number of primary amides is 1. The molecule has 1 atom stereocenters. The minimum Gasteiger partial charge on any atom is -0.351 e. The van der Waals surface area contributed by atoms with Crippen molar-refractivity contribution in [2.45, 2.75) is 66.0 Å². The number of carbonyl (C=O) groups excluding carboxylic acids is 1. The molecule has 2 aromatic carbocycles. The van der Waals surface area contributed by atoms with Crippen LogP contribution in [0.4, 0.5) is 14.9 Å². The highest BCUT2D eigenvalue weighted by atomic mass is 19.1. The molecule has 3 aromatic rings. The molecule has 1 aliphatic heterocycles. The van der Waals surface area contributed by atoms with Gasteiger partial charge < -0.3 is 11.1 Å². The van der Waals surface area contributed by atoms with Gasteiger partial charge in [0.05, 0.1) is 22.8 Å². The number of amides is 2. The van der Waals surface area contributed by atoms with Gasteiger partial charge >= 0.3 is 6.03 Å². The number of carbonyl (C=O) groups is 1. The molecular formula is C27H34FN5O. The van der Waals surface area contributed by atoms with Gasteiger partial charge in [0.2, 0.25) is 0 Å². The Morgan fingerprint density at radius 3 is 2.47 bits per heavy atom. The first-order valence-corrected chi connectivity index (χ1v) is 12.2. The summed E-state index contributed by atoms with van der Waals surface area (Å²) < 4.78 is 17.0. The second-order valence-electron chi connectivity index (χ2n) is 8.98. The summed E-state index contributed by atoms with van der Waals surface area (Å²) in [7, 11) is 0. The van der Waals surface area contributed by atoms with Crippen molar-refractivity contribution in [3.63, 3.8) is 0 Å². The predicted molar refractivity (Wildman–Crippen MR) is 135 cm³/mol. The number of rotatable bonds is 7. The summed E-state index contributed by atoms with van der Waals surface area (Å²) in [6, 6.07) is 10.9. The van der Waals surface area contributed by atoms with Crippen LogP contribution in [0.15, 0.2) is 36.4 Å². The lowest BCUT2D eigenvalue weighted by atomic mass is 9.98. The number of nitrogens with zero attached hydrogens (tertiary/aromatic N) is 3. The summed E-state index contributed by atoms with van der Waals surface area (Å²) in [5.74, 6) is -0.521. The van der Waals surface area contributed by atoms with Crippen molar-refractivity contribution in [1.29, 1.82) is 0 Å². The molecule has 1 aliphatic rings. The Morgan fingerprint density at radius 2 is 1.88 bits per heavy atom. The van der Waals surface area contributed by atoms with E-state index in [4.69, 9.17) is 10.8 Å². The van der Waals surface area contributed by atoms with Gasteiger partial charge in [0.25, 0.3) is 0 Å². The van der Waals surface area contributed by atoms with E-state index in [1.54, 1.807) is 6.07 Å². The molecule has 2 heterocycles. The minimum absolute atomic E-state index is 0.0700. The number of benzene rings is 2. The number of halogens is 1. The number of hydrogen-bond donors (Lipinski definition) is 2. The zero-order chi connectivity index (χ0) is 24.4. The predicted octanol–water partition coefficient (Wildman–Crippen LogP) is 5.45.